The number of ether oxygens (including phenoxy) is 1. The average Bonchev–Trinajstić information content (AvgIpc) is 3.20. The highest BCUT2D eigenvalue weighted by Gasteiger charge is 2.33. The predicted octanol–water partition coefficient (Wildman–Crippen LogP) is 7.82. The molecule has 9 heteroatoms. The molecule has 4 rings (SSSR count). The molecule has 2 aromatic carbocycles. The van der Waals surface area contributed by atoms with Gasteiger partial charge in [-0.2, -0.15) is 17.6 Å². The molecule has 0 fully saturated rings. The fourth-order valence-electron chi connectivity index (χ4n) is 3.54. The standard InChI is InChI=1S/C26H23F4N3OS/c1-17-7-11-21(12-8-17)34-14-3-2-5-18-9-10-20(15-22(18)26(28,29)30)32-25-33-23(24(27)35-25)19-6-4-13-31-16-19/h4,6-13,15-16H,2-3,5,14H2,1H3,(H,32,33). The number of hydrogen-bond acceptors (Lipinski definition) is 5. The van der Waals surface area contributed by atoms with Crippen molar-refractivity contribution in [3.05, 3.63) is 88.8 Å². The monoisotopic (exact) mass is 501 g/mol. The van der Waals surface area contributed by atoms with Gasteiger partial charge in [0.2, 0.25) is 5.13 Å². The SMILES string of the molecule is Cc1ccc(OCCCCc2ccc(Nc3nc(-c4cccnc4)c(F)s3)cc2C(F)(F)F)cc1. The Bertz CT molecular complexity index is 1260. The lowest BCUT2D eigenvalue weighted by atomic mass is 10.0. The first kappa shape index (κ1) is 24.7. The molecule has 0 radical (unpaired) electrons. The number of anilines is 2. The molecular formula is C26H23F4N3OS. The topological polar surface area (TPSA) is 47.0 Å². The Labute approximate surface area is 204 Å². The summed E-state index contributed by atoms with van der Waals surface area (Å²) in [6.07, 6.45) is -0.0348. The van der Waals surface area contributed by atoms with E-state index in [-0.39, 0.29) is 28.5 Å². The quantitative estimate of drug-likeness (QED) is 0.188. The number of aromatic nitrogens is 2. The van der Waals surface area contributed by atoms with Crippen LogP contribution in [0.2, 0.25) is 0 Å². The van der Waals surface area contributed by atoms with Crippen LogP contribution < -0.4 is 10.1 Å². The Morgan fingerprint density at radius 1 is 1.03 bits per heavy atom. The zero-order valence-electron chi connectivity index (χ0n) is 18.9. The third-order valence-corrected chi connectivity index (χ3v) is 6.08. The van der Waals surface area contributed by atoms with E-state index in [0.29, 0.717) is 25.0 Å². The molecule has 0 bridgehead atoms. The Hall–Kier alpha value is -3.46. The van der Waals surface area contributed by atoms with Crippen molar-refractivity contribution in [3.63, 3.8) is 0 Å². The number of nitrogens with zero attached hydrogens (tertiary/aromatic N) is 2. The third-order valence-electron chi connectivity index (χ3n) is 5.32. The van der Waals surface area contributed by atoms with Crippen molar-refractivity contribution < 1.29 is 22.3 Å². The summed E-state index contributed by atoms with van der Waals surface area (Å²) < 4.78 is 61.3. The molecule has 0 saturated carbocycles. The molecule has 4 nitrogen and oxygen atoms in total. The predicted molar refractivity (Wildman–Crippen MR) is 130 cm³/mol. The molecule has 2 aromatic heterocycles. The minimum Gasteiger partial charge on any atom is -0.494 e. The van der Waals surface area contributed by atoms with Crippen LogP contribution in [0.4, 0.5) is 28.4 Å². The largest absolute Gasteiger partial charge is 0.494 e. The molecule has 4 aromatic rings. The van der Waals surface area contributed by atoms with Gasteiger partial charge in [0, 0.05) is 23.6 Å². The summed E-state index contributed by atoms with van der Waals surface area (Å²) >= 11 is 0.728. The number of aryl methyl sites for hydroxylation is 2. The normalized spacial score (nSPS) is 11.5. The van der Waals surface area contributed by atoms with E-state index in [1.165, 1.54) is 12.3 Å². The van der Waals surface area contributed by atoms with Crippen molar-refractivity contribution >= 4 is 22.2 Å². The molecule has 0 unspecified atom stereocenters. The molecule has 182 valence electrons. The number of hydrogen-bond donors (Lipinski definition) is 1. The average molecular weight is 502 g/mol. The zero-order valence-corrected chi connectivity index (χ0v) is 19.7. The van der Waals surface area contributed by atoms with Gasteiger partial charge in [-0.1, -0.05) is 35.1 Å². The number of alkyl halides is 3. The van der Waals surface area contributed by atoms with Gasteiger partial charge in [0.1, 0.15) is 11.4 Å². The van der Waals surface area contributed by atoms with Crippen LogP contribution in [-0.2, 0) is 12.6 Å². The number of nitrogens with one attached hydrogen (secondary N) is 1. The maximum Gasteiger partial charge on any atom is 0.416 e. The highest BCUT2D eigenvalue weighted by molar-refractivity contribution is 7.14. The number of rotatable bonds is 9. The Kier molecular flexibility index (Phi) is 7.65. The Morgan fingerprint density at radius 2 is 1.83 bits per heavy atom. The first-order valence-electron chi connectivity index (χ1n) is 11.0. The van der Waals surface area contributed by atoms with Gasteiger partial charge in [-0.15, -0.1) is 0 Å². The lowest BCUT2D eigenvalue weighted by molar-refractivity contribution is -0.138. The summed E-state index contributed by atoms with van der Waals surface area (Å²) in [6.45, 7) is 2.41. The number of pyridine rings is 1. The van der Waals surface area contributed by atoms with Crippen molar-refractivity contribution in [1.29, 1.82) is 0 Å². The van der Waals surface area contributed by atoms with Crippen LogP contribution in [-0.4, -0.2) is 16.6 Å². The number of benzene rings is 2. The maximum absolute atomic E-state index is 14.4. The van der Waals surface area contributed by atoms with Gasteiger partial charge in [0.15, 0.2) is 5.13 Å². The zero-order chi connectivity index (χ0) is 24.8. The van der Waals surface area contributed by atoms with Gasteiger partial charge >= 0.3 is 6.18 Å². The molecule has 0 amide bonds. The van der Waals surface area contributed by atoms with E-state index in [0.717, 1.165) is 28.7 Å². The summed E-state index contributed by atoms with van der Waals surface area (Å²) in [6, 6.07) is 15.0. The van der Waals surface area contributed by atoms with Gasteiger partial charge in [-0.05, 0) is 68.1 Å². The summed E-state index contributed by atoms with van der Waals surface area (Å²) in [5.41, 5.74) is 1.41. The van der Waals surface area contributed by atoms with E-state index >= 15 is 0 Å². The number of halogens is 4. The molecular weight excluding hydrogens is 478 g/mol. The Balaban J connectivity index is 1.40. The highest BCUT2D eigenvalue weighted by atomic mass is 32.1. The van der Waals surface area contributed by atoms with E-state index in [1.54, 1.807) is 24.4 Å². The minimum atomic E-state index is -4.51. The first-order valence-corrected chi connectivity index (χ1v) is 11.8. The van der Waals surface area contributed by atoms with Crippen molar-refractivity contribution in [2.75, 3.05) is 11.9 Å². The van der Waals surface area contributed by atoms with Gasteiger partial charge in [0.05, 0.1) is 12.2 Å². The van der Waals surface area contributed by atoms with E-state index in [9.17, 15) is 17.6 Å². The maximum atomic E-state index is 14.4. The fraction of sp³-hybridized carbons (Fsp3) is 0.231. The van der Waals surface area contributed by atoms with E-state index in [2.05, 4.69) is 15.3 Å². The van der Waals surface area contributed by atoms with Gasteiger partial charge in [0.25, 0.3) is 0 Å². The highest BCUT2D eigenvalue weighted by Crippen LogP contribution is 2.36. The number of thiazole rings is 1. The number of unbranched alkanes of at least 4 members (excludes halogenated alkanes) is 1. The second-order valence-electron chi connectivity index (χ2n) is 8.00. The van der Waals surface area contributed by atoms with Gasteiger partial charge in [-0.3, -0.25) is 4.98 Å². The minimum absolute atomic E-state index is 0.103. The van der Waals surface area contributed by atoms with Gasteiger partial charge < -0.3 is 10.1 Å². The Morgan fingerprint density at radius 3 is 2.54 bits per heavy atom. The second-order valence-corrected chi connectivity index (χ2v) is 8.95. The van der Waals surface area contributed by atoms with Gasteiger partial charge in [-0.25, -0.2) is 4.98 Å². The van der Waals surface area contributed by atoms with Crippen molar-refractivity contribution in [1.82, 2.24) is 9.97 Å². The van der Waals surface area contributed by atoms with Crippen molar-refractivity contribution in [2.24, 2.45) is 0 Å². The second kappa shape index (κ2) is 10.9. The van der Waals surface area contributed by atoms with E-state index < -0.39 is 16.9 Å². The van der Waals surface area contributed by atoms with E-state index in [1.807, 2.05) is 31.2 Å². The molecule has 0 aliphatic carbocycles. The lowest BCUT2D eigenvalue weighted by Crippen LogP contribution is -2.10. The molecule has 0 atom stereocenters. The molecule has 0 saturated heterocycles. The van der Waals surface area contributed by atoms with Crippen LogP contribution in [0.25, 0.3) is 11.3 Å². The summed E-state index contributed by atoms with van der Waals surface area (Å²) in [5, 5.41) is 2.42. The first-order chi connectivity index (χ1) is 16.8. The molecule has 0 aliphatic rings. The summed E-state index contributed by atoms with van der Waals surface area (Å²) in [4.78, 5) is 8.13. The smallest absolute Gasteiger partial charge is 0.416 e. The lowest BCUT2D eigenvalue weighted by Gasteiger charge is -2.15. The van der Waals surface area contributed by atoms with Crippen LogP contribution in [0, 0.1) is 12.1 Å². The van der Waals surface area contributed by atoms with Crippen LogP contribution >= 0.6 is 11.3 Å². The van der Waals surface area contributed by atoms with Crippen LogP contribution in [0.1, 0.15) is 29.5 Å². The molecule has 1 N–H and O–H groups in total. The molecule has 0 spiro atoms. The van der Waals surface area contributed by atoms with Crippen molar-refractivity contribution in [2.45, 2.75) is 32.4 Å². The van der Waals surface area contributed by atoms with Crippen LogP contribution in [0.15, 0.2) is 67.0 Å². The molecule has 2 heterocycles. The molecule has 35 heavy (non-hydrogen) atoms. The summed E-state index contributed by atoms with van der Waals surface area (Å²) in [5.74, 6) is 0.743. The van der Waals surface area contributed by atoms with E-state index in [4.69, 9.17) is 4.74 Å². The van der Waals surface area contributed by atoms with Crippen molar-refractivity contribution in [3.8, 4) is 17.0 Å². The summed E-state index contributed by atoms with van der Waals surface area (Å²) in [7, 11) is 0. The van der Waals surface area contributed by atoms with Crippen LogP contribution in [0.5, 0.6) is 5.75 Å². The van der Waals surface area contributed by atoms with Crippen LogP contribution in [0.3, 0.4) is 0 Å². The molecule has 0 aliphatic heterocycles. The fourth-order valence-corrected chi connectivity index (χ4v) is 4.27. The third kappa shape index (κ3) is 6.57.